The summed E-state index contributed by atoms with van der Waals surface area (Å²) in [5.74, 6) is -0.961. The maximum Gasteiger partial charge on any atom is 0.355 e. The normalized spacial score (nSPS) is 16.0. The number of thiazole rings is 2. The van der Waals surface area contributed by atoms with Gasteiger partial charge in [0.25, 0.3) is 5.91 Å². The molecule has 18 heteroatoms. The molecular weight excluding hydrogens is 1080 g/mol. The van der Waals surface area contributed by atoms with E-state index in [1.165, 1.54) is 16.2 Å². The van der Waals surface area contributed by atoms with E-state index in [-0.39, 0.29) is 42.4 Å². The average Bonchev–Trinajstić information content (AvgIpc) is 4.33. The number of β-amino-alcohol motifs (C(OH)–C–C–N with tert-alkyl or cyclic N) is 1. The van der Waals surface area contributed by atoms with Gasteiger partial charge in [0.05, 0.1) is 38.4 Å². The fraction of sp³-hybridized carbons (Fsp3) is 0.323. The van der Waals surface area contributed by atoms with E-state index in [4.69, 9.17) is 9.72 Å². The summed E-state index contributed by atoms with van der Waals surface area (Å²) >= 11 is 2.98. The minimum absolute atomic E-state index is 0.0302. The van der Waals surface area contributed by atoms with Crippen LogP contribution in [0.2, 0.25) is 0 Å². The molecule has 10 rings (SSSR count). The number of nitrogens with zero attached hydrogens (tertiary/aromatic N) is 5. The summed E-state index contributed by atoms with van der Waals surface area (Å²) in [5.41, 5.74) is 8.99. The highest BCUT2D eigenvalue weighted by molar-refractivity contribution is 7.22. The summed E-state index contributed by atoms with van der Waals surface area (Å²) < 4.78 is 7.39. The maximum atomic E-state index is 14.5. The van der Waals surface area contributed by atoms with Crippen LogP contribution in [0.5, 0.6) is 11.5 Å². The van der Waals surface area contributed by atoms with Gasteiger partial charge in [-0.2, -0.15) is 0 Å². The zero-order chi connectivity index (χ0) is 58.9. The van der Waals surface area contributed by atoms with Gasteiger partial charge in [-0.3, -0.25) is 24.5 Å². The largest absolute Gasteiger partial charge is 0.476 e. The molecule has 8 aromatic rings. The number of aliphatic hydroxyl groups is 1. The number of carboxylic acids is 1. The molecule has 428 valence electrons. The van der Waals surface area contributed by atoms with Gasteiger partial charge in [-0.1, -0.05) is 119 Å². The van der Waals surface area contributed by atoms with Gasteiger partial charge in [-0.25, -0.2) is 19.7 Å². The Balaban J connectivity index is 0.757. The van der Waals surface area contributed by atoms with E-state index in [0.29, 0.717) is 71.5 Å². The number of benzene rings is 5. The molecule has 3 aromatic heterocycles. The average molecular weight is 1150 g/mol. The zero-order valence-corrected chi connectivity index (χ0v) is 49.4. The summed E-state index contributed by atoms with van der Waals surface area (Å²) in [6, 6.07) is 35.8. The smallest absolute Gasteiger partial charge is 0.355 e. The van der Waals surface area contributed by atoms with Crippen molar-refractivity contribution in [2.45, 2.75) is 112 Å². The highest BCUT2D eigenvalue weighted by Gasteiger charge is 2.46. The van der Waals surface area contributed by atoms with E-state index in [2.05, 4.69) is 25.9 Å². The lowest BCUT2D eigenvalue weighted by molar-refractivity contribution is -0.145. The maximum absolute atomic E-state index is 14.5. The quantitative estimate of drug-likeness (QED) is 0.0576. The molecule has 16 nitrogen and oxygen atoms in total. The van der Waals surface area contributed by atoms with E-state index in [1.807, 2.05) is 175 Å². The number of carbonyl (C=O) groups excluding carboxylic acids is 4. The third kappa shape index (κ3) is 12.7. The lowest BCUT2D eigenvalue weighted by atomic mass is 9.82. The standard InChI is InChI=1S/C65H68N8O8S2/c1-37-46(47-27-28-54(69-55(47)61(78)79)72-32-30-42-13-11-15-48(49(42)35-72)58(75)71-63-68-50-16-9-10-18-53(50)83-63)14-12-17-52(37)81-45-25-19-40(20-26-45)29-31-65(7,8)62(80)70-57(64(4,5)6)60(77)73-34-44(74)33-51(73)59(76)67-38(2)41-21-23-43(24-22-41)56-39(3)66-36-82-56/h9-28,36,38,44,51,57,74H,29-35H2,1-8H3,(H,67,76)(H,70,80)(H,78,79)(H,68,71,75)/t38-,44+,51-,57+/m0/s1. The number of rotatable bonds is 17. The number of nitrogens with one attached hydrogen (secondary N) is 3. The highest BCUT2D eigenvalue weighted by Crippen LogP contribution is 2.38. The van der Waals surface area contributed by atoms with Crippen LogP contribution in [0, 0.1) is 24.7 Å². The number of hydrogen-bond acceptors (Lipinski definition) is 13. The predicted molar refractivity (Wildman–Crippen MR) is 325 cm³/mol. The lowest BCUT2D eigenvalue weighted by Crippen LogP contribution is -2.59. The summed E-state index contributed by atoms with van der Waals surface area (Å²) in [7, 11) is 0. The highest BCUT2D eigenvalue weighted by atomic mass is 32.1. The number of anilines is 2. The number of aromatic nitrogens is 3. The van der Waals surface area contributed by atoms with E-state index in [9.17, 15) is 34.2 Å². The van der Waals surface area contributed by atoms with Gasteiger partial charge < -0.3 is 35.4 Å². The molecule has 1 saturated heterocycles. The van der Waals surface area contributed by atoms with E-state index >= 15 is 0 Å². The number of para-hydroxylation sites is 1. The molecule has 0 bridgehead atoms. The number of ether oxygens (including phenoxy) is 1. The molecule has 2 aliphatic rings. The zero-order valence-electron chi connectivity index (χ0n) is 47.8. The second-order valence-electron chi connectivity index (χ2n) is 23.3. The molecule has 5 heterocycles. The molecule has 0 unspecified atom stereocenters. The van der Waals surface area contributed by atoms with Crippen LogP contribution < -0.4 is 25.6 Å². The molecule has 0 radical (unpaired) electrons. The summed E-state index contributed by atoms with van der Waals surface area (Å²) in [4.78, 5) is 87.4. The first-order valence-electron chi connectivity index (χ1n) is 27.9. The molecule has 1 fully saturated rings. The molecule has 5 aromatic carbocycles. The van der Waals surface area contributed by atoms with Crippen molar-refractivity contribution >= 4 is 73.4 Å². The number of hydrogen-bond donors (Lipinski definition) is 5. The fourth-order valence-corrected chi connectivity index (χ4v) is 12.5. The molecule has 4 amide bonds. The van der Waals surface area contributed by atoms with Crippen molar-refractivity contribution in [2.75, 3.05) is 23.3 Å². The van der Waals surface area contributed by atoms with Crippen LogP contribution >= 0.6 is 22.7 Å². The summed E-state index contributed by atoms with van der Waals surface area (Å²) in [5, 5.41) is 31.0. The number of amides is 4. The number of carbonyl (C=O) groups is 5. The molecule has 83 heavy (non-hydrogen) atoms. The molecule has 0 aliphatic carbocycles. The van der Waals surface area contributed by atoms with Gasteiger partial charge in [-0.15, -0.1) is 11.3 Å². The van der Waals surface area contributed by atoms with Crippen molar-refractivity contribution < 1.29 is 38.9 Å². The number of pyridine rings is 1. The van der Waals surface area contributed by atoms with Crippen LogP contribution in [0.3, 0.4) is 0 Å². The lowest BCUT2D eigenvalue weighted by Gasteiger charge is -2.37. The second-order valence-corrected chi connectivity index (χ2v) is 25.2. The van der Waals surface area contributed by atoms with Crippen molar-refractivity contribution in [3.05, 3.63) is 172 Å². The molecule has 0 saturated carbocycles. The molecule has 2 aliphatic heterocycles. The van der Waals surface area contributed by atoms with Gasteiger partial charge in [0.1, 0.15) is 29.4 Å². The Labute approximate surface area is 491 Å². The van der Waals surface area contributed by atoms with Gasteiger partial charge in [0, 0.05) is 42.6 Å². The molecule has 4 atom stereocenters. The Morgan fingerprint density at radius 3 is 2.29 bits per heavy atom. The number of aryl methyl sites for hydroxylation is 2. The van der Waals surface area contributed by atoms with Crippen molar-refractivity contribution in [3.63, 3.8) is 0 Å². The first-order chi connectivity index (χ1) is 39.6. The first kappa shape index (κ1) is 57.9. The molecule has 0 spiro atoms. The minimum atomic E-state index is -1.18. The van der Waals surface area contributed by atoms with Gasteiger partial charge in [0.2, 0.25) is 17.7 Å². The number of aromatic carboxylic acids is 1. The first-order valence-corrected chi connectivity index (χ1v) is 29.6. The van der Waals surface area contributed by atoms with Gasteiger partial charge in [-0.05, 0) is 133 Å². The van der Waals surface area contributed by atoms with E-state index in [0.717, 1.165) is 54.2 Å². The van der Waals surface area contributed by atoms with Crippen molar-refractivity contribution in [2.24, 2.45) is 10.8 Å². The summed E-state index contributed by atoms with van der Waals surface area (Å²) in [6.45, 7) is 15.9. The van der Waals surface area contributed by atoms with E-state index in [1.54, 1.807) is 23.5 Å². The van der Waals surface area contributed by atoms with Crippen LogP contribution in [-0.2, 0) is 33.8 Å². The van der Waals surface area contributed by atoms with Crippen LogP contribution in [0.25, 0.3) is 31.8 Å². The summed E-state index contributed by atoms with van der Waals surface area (Å²) in [6.07, 6.45) is 0.820. The molecular formula is C65H68N8O8S2. The Hall–Kier alpha value is -8.32. The Morgan fingerprint density at radius 1 is 0.831 bits per heavy atom. The Morgan fingerprint density at radius 2 is 1.58 bits per heavy atom. The second kappa shape index (κ2) is 23.9. The van der Waals surface area contributed by atoms with Crippen LogP contribution in [-0.4, -0.2) is 90.9 Å². The fourth-order valence-electron chi connectivity index (χ4n) is 10.9. The Kier molecular flexibility index (Phi) is 16.7. The van der Waals surface area contributed by atoms with Crippen molar-refractivity contribution in [1.82, 2.24) is 30.5 Å². The SMILES string of the molecule is Cc1ncsc1-c1ccc([C@H](C)NC(=O)[C@@H]2C[C@@H](O)CN2C(=O)[C@@H](NC(=O)C(C)(C)CCc2ccc(Oc3cccc(-c4ccc(N5CCc6cccc(C(=O)Nc7nc8ccccc8s7)c6C5)nc4C(=O)O)c3C)cc2)C(C)(C)C)cc1. The third-order valence-electron chi connectivity index (χ3n) is 15.8. The Bertz CT molecular complexity index is 3720. The minimum Gasteiger partial charge on any atom is -0.476 e. The van der Waals surface area contributed by atoms with Crippen LogP contribution in [0.4, 0.5) is 10.9 Å². The topological polar surface area (TPSA) is 216 Å². The van der Waals surface area contributed by atoms with Gasteiger partial charge in [0.15, 0.2) is 10.8 Å². The predicted octanol–water partition coefficient (Wildman–Crippen LogP) is 11.7. The monoisotopic (exact) mass is 1150 g/mol. The molecule has 5 N–H and O–H groups in total. The number of fused-ring (bicyclic) bond motifs is 2. The third-order valence-corrected chi connectivity index (χ3v) is 17.8. The van der Waals surface area contributed by atoms with Crippen LogP contribution in [0.15, 0.2) is 127 Å². The number of aliphatic hydroxyl groups excluding tert-OH is 1. The van der Waals surface area contributed by atoms with E-state index < -0.39 is 40.9 Å². The van der Waals surface area contributed by atoms with Gasteiger partial charge >= 0.3 is 5.97 Å². The van der Waals surface area contributed by atoms with Crippen molar-refractivity contribution in [3.8, 4) is 33.1 Å². The van der Waals surface area contributed by atoms with Crippen LogP contribution in [0.1, 0.15) is 115 Å². The number of carboxylic acid groups (broad SMARTS) is 1. The van der Waals surface area contributed by atoms with Crippen molar-refractivity contribution in [1.29, 1.82) is 0 Å². The number of likely N-dealkylation sites (tertiary alicyclic amines) is 1.